The highest BCUT2D eigenvalue weighted by molar-refractivity contribution is 7.97. The van der Waals surface area contributed by atoms with Gasteiger partial charge in [-0.2, -0.15) is 0 Å². The summed E-state index contributed by atoms with van der Waals surface area (Å²) in [6.07, 6.45) is 0. The number of rotatable bonds is 5. The molecule has 0 atom stereocenters. The molecule has 0 spiro atoms. The first-order valence-electron chi connectivity index (χ1n) is 7.05. The van der Waals surface area contributed by atoms with Crippen molar-refractivity contribution in [3.05, 3.63) is 39.4 Å². The Morgan fingerprint density at radius 2 is 1.96 bits per heavy atom. The lowest BCUT2D eigenvalue weighted by Gasteiger charge is -2.08. The molecule has 0 aliphatic rings. The summed E-state index contributed by atoms with van der Waals surface area (Å²) >= 11 is 6.89. The number of nitrogens with zero attached hydrogens (tertiary/aromatic N) is 1. The minimum Gasteiger partial charge on any atom is -0.497 e. The Morgan fingerprint density at radius 1 is 1.17 bits per heavy atom. The zero-order valence-corrected chi connectivity index (χ0v) is 15.8. The molecule has 1 aromatic carbocycles. The highest BCUT2D eigenvalue weighted by Crippen LogP contribution is 2.39. The van der Waals surface area contributed by atoms with Crippen molar-refractivity contribution in [1.82, 2.24) is 4.98 Å². The Balaban J connectivity index is 2.08. The number of aromatic nitrogens is 1. The second-order valence-corrected chi connectivity index (χ2v) is 7.53. The number of aryl methyl sites for hydroxylation is 1. The molecule has 0 bridgehead atoms. The summed E-state index contributed by atoms with van der Waals surface area (Å²) in [4.78, 5) is 18.1. The number of thiol groups is 1. The van der Waals surface area contributed by atoms with E-state index in [-0.39, 0.29) is 5.12 Å². The van der Waals surface area contributed by atoms with Crippen molar-refractivity contribution in [2.45, 2.75) is 6.92 Å². The van der Waals surface area contributed by atoms with Crippen molar-refractivity contribution in [3.8, 4) is 33.3 Å². The maximum atomic E-state index is 11.7. The van der Waals surface area contributed by atoms with Gasteiger partial charge >= 0.3 is 0 Å². The smallest absolute Gasteiger partial charge is 0.227 e. The van der Waals surface area contributed by atoms with Crippen LogP contribution in [0.15, 0.2) is 29.6 Å². The fraction of sp³-hybridized carbons (Fsp3) is 0.176. The van der Waals surface area contributed by atoms with E-state index in [1.54, 1.807) is 14.2 Å². The molecule has 0 amide bonds. The quantitative estimate of drug-likeness (QED) is 0.640. The van der Waals surface area contributed by atoms with Crippen LogP contribution in [0.3, 0.4) is 0 Å². The Kier molecular flexibility index (Phi) is 4.93. The molecule has 0 aliphatic carbocycles. The molecule has 0 unspecified atom stereocenters. The van der Waals surface area contributed by atoms with Gasteiger partial charge in [-0.15, -0.1) is 22.7 Å². The minimum absolute atomic E-state index is 0.237. The molecule has 24 heavy (non-hydrogen) atoms. The van der Waals surface area contributed by atoms with Crippen LogP contribution in [0.25, 0.3) is 21.8 Å². The lowest BCUT2D eigenvalue weighted by atomic mass is 10.1. The fourth-order valence-electron chi connectivity index (χ4n) is 2.37. The first-order chi connectivity index (χ1) is 11.5. The highest BCUT2D eigenvalue weighted by Gasteiger charge is 2.18. The molecule has 0 radical (unpaired) electrons. The number of carbonyl (C=O) groups is 1. The van der Waals surface area contributed by atoms with Crippen molar-refractivity contribution in [2.75, 3.05) is 14.2 Å². The summed E-state index contributed by atoms with van der Waals surface area (Å²) < 4.78 is 10.7. The van der Waals surface area contributed by atoms with Gasteiger partial charge in [-0.25, -0.2) is 4.98 Å². The van der Waals surface area contributed by atoms with Crippen LogP contribution < -0.4 is 9.47 Å². The van der Waals surface area contributed by atoms with E-state index in [0.29, 0.717) is 4.88 Å². The van der Waals surface area contributed by atoms with Gasteiger partial charge < -0.3 is 9.47 Å². The molecule has 0 saturated carbocycles. The SMILES string of the molecule is COc1ccc(OC)c(-c2csc(-c3cc(C)sc3C(=O)S)n2)c1. The Hall–Kier alpha value is -1.83. The second-order valence-electron chi connectivity index (χ2n) is 5.01. The molecule has 0 N–H and O–H groups in total. The van der Waals surface area contributed by atoms with Crippen LogP contribution in [0.2, 0.25) is 0 Å². The first-order valence-corrected chi connectivity index (χ1v) is 9.20. The predicted molar refractivity (Wildman–Crippen MR) is 102 cm³/mol. The third-order valence-electron chi connectivity index (χ3n) is 3.47. The van der Waals surface area contributed by atoms with Crippen molar-refractivity contribution in [2.24, 2.45) is 0 Å². The molecular weight excluding hydrogens is 362 g/mol. The van der Waals surface area contributed by atoms with Crippen LogP contribution in [-0.2, 0) is 0 Å². The van der Waals surface area contributed by atoms with E-state index in [1.807, 2.05) is 36.6 Å². The van der Waals surface area contributed by atoms with Gasteiger partial charge in [-0.3, -0.25) is 4.79 Å². The second kappa shape index (κ2) is 6.96. The van der Waals surface area contributed by atoms with E-state index in [2.05, 4.69) is 12.6 Å². The maximum Gasteiger partial charge on any atom is 0.227 e. The van der Waals surface area contributed by atoms with E-state index in [4.69, 9.17) is 14.5 Å². The van der Waals surface area contributed by atoms with Gasteiger partial charge in [0.2, 0.25) is 5.12 Å². The number of ether oxygens (including phenoxy) is 2. The van der Waals surface area contributed by atoms with Crippen LogP contribution in [-0.4, -0.2) is 24.3 Å². The van der Waals surface area contributed by atoms with Crippen molar-refractivity contribution in [3.63, 3.8) is 0 Å². The summed E-state index contributed by atoms with van der Waals surface area (Å²) in [5.41, 5.74) is 2.47. The Bertz CT molecular complexity index is 898. The van der Waals surface area contributed by atoms with Crippen molar-refractivity contribution >= 4 is 40.4 Å². The van der Waals surface area contributed by atoms with Gasteiger partial charge in [0, 0.05) is 21.4 Å². The van der Waals surface area contributed by atoms with E-state index >= 15 is 0 Å². The van der Waals surface area contributed by atoms with Gasteiger partial charge in [0.1, 0.15) is 16.5 Å². The number of thiazole rings is 1. The monoisotopic (exact) mass is 377 g/mol. The topological polar surface area (TPSA) is 48.4 Å². The maximum absolute atomic E-state index is 11.7. The molecule has 0 saturated heterocycles. The number of hydrogen-bond acceptors (Lipinski definition) is 6. The average molecular weight is 378 g/mol. The van der Waals surface area contributed by atoms with Gasteiger partial charge in [0.25, 0.3) is 0 Å². The summed E-state index contributed by atoms with van der Waals surface area (Å²) in [5, 5.41) is 2.50. The zero-order chi connectivity index (χ0) is 17.3. The summed E-state index contributed by atoms with van der Waals surface area (Å²) in [7, 11) is 3.25. The molecule has 3 rings (SSSR count). The standard InChI is InChI=1S/C17H15NO3S3/c1-9-6-12(15(24-9)17(19)22)16-18-13(8-23-16)11-7-10(20-2)4-5-14(11)21-3/h4-8H,1-3H3,(H,19,22). The summed E-state index contributed by atoms with van der Waals surface area (Å²) in [5.74, 6) is 1.46. The van der Waals surface area contributed by atoms with E-state index < -0.39 is 0 Å². The van der Waals surface area contributed by atoms with E-state index in [9.17, 15) is 4.79 Å². The summed E-state index contributed by atoms with van der Waals surface area (Å²) in [6.45, 7) is 1.97. The molecule has 2 heterocycles. The Labute approximate surface area is 153 Å². The van der Waals surface area contributed by atoms with E-state index in [0.717, 1.165) is 38.2 Å². The van der Waals surface area contributed by atoms with Crippen LogP contribution in [0, 0.1) is 6.92 Å². The van der Waals surface area contributed by atoms with Crippen LogP contribution >= 0.6 is 35.3 Å². The number of benzene rings is 1. The molecule has 4 nitrogen and oxygen atoms in total. The first kappa shape index (κ1) is 17.0. The summed E-state index contributed by atoms with van der Waals surface area (Å²) in [6, 6.07) is 7.56. The molecule has 7 heteroatoms. The normalized spacial score (nSPS) is 10.7. The third kappa shape index (κ3) is 3.19. The molecule has 3 aromatic rings. The third-order valence-corrected chi connectivity index (χ3v) is 5.77. The van der Waals surface area contributed by atoms with Crippen LogP contribution in [0.4, 0.5) is 0 Å². The molecular formula is C17H15NO3S3. The lowest BCUT2D eigenvalue weighted by molar-refractivity contribution is 0.109. The fourth-order valence-corrected chi connectivity index (χ4v) is 4.38. The number of methoxy groups -OCH3 is 2. The Morgan fingerprint density at radius 3 is 2.62 bits per heavy atom. The molecule has 2 aromatic heterocycles. The largest absolute Gasteiger partial charge is 0.497 e. The van der Waals surface area contributed by atoms with Crippen LogP contribution in [0.1, 0.15) is 14.5 Å². The molecule has 0 aliphatic heterocycles. The van der Waals surface area contributed by atoms with Gasteiger partial charge in [0.15, 0.2) is 0 Å². The molecule has 0 fully saturated rings. The molecule has 124 valence electrons. The lowest BCUT2D eigenvalue weighted by Crippen LogP contribution is -1.91. The van der Waals surface area contributed by atoms with Gasteiger partial charge in [-0.05, 0) is 31.2 Å². The van der Waals surface area contributed by atoms with E-state index in [1.165, 1.54) is 22.7 Å². The highest BCUT2D eigenvalue weighted by atomic mass is 32.1. The number of thiophene rings is 1. The number of hydrogen-bond donors (Lipinski definition) is 1. The zero-order valence-electron chi connectivity index (χ0n) is 13.3. The van der Waals surface area contributed by atoms with Crippen molar-refractivity contribution in [1.29, 1.82) is 0 Å². The predicted octanol–water partition coefficient (Wildman–Crippen LogP) is 4.93. The van der Waals surface area contributed by atoms with Crippen LogP contribution in [0.5, 0.6) is 11.5 Å². The number of carbonyl (C=O) groups excluding carboxylic acids is 1. The van der Waals surface area contributed by atoms with Crippen molar-refractivity contribution < 1.29 is 14.3 Å². The average Bonchev–Trinajstić information content (AvgIpc) is 3.20. The minimum atomic E-state index is -0.237. The van der Waals surface area contributed by atoms with Gasteiger partial charge in [0.05, 0.1) is 24.8 Å². The van der Waals surface area contributed by atoms with Gasteiger partial charge in [-0.1, -0.05) is 12.6 Å².